The van der Waals surface area contributed by atoms with E-state index in [0.717, 1.165) is 16.1 Å². The molecule has 0 aliphatic rings. The highest BCUT2D eigenvalue weighted by Gasteiger charge is 2.33. The molecule has 0 saturated heterocycles. The fourth-order valence-electron chi connectivity index (χ4n) is 4.05. The summed E-state index contributed by atoms with van der Waals surface area (Å²) in [6.45, 7) is 3.68. The van der Waals surface area contributed by atoms with Crippen LogP contribution in [0.25, 0.3) is 0 Å². The molecule has 3 aromatic rings. The van der Waals surface area contributed by atoms with Crippen LogP contribution < -0.4 is 9.62 Å². The average molecular weight is 625 g/mol. The van der Waals surface area contributed by atoms with Crippen molar-refractivity contribution in [3.05, 3.63) is 99.0 Å². The maximum absolute atomic E-state index is 14.1. The van der Waals surface area contributed by atoms with E-state index in [4.69, 9.17) is 34.8 Å². The minimum Gasteiger partial charge on any atom is -0.354 e. The SMILES string of the molecule is CC(C)CNC(=O)[C@H](Cc1ccccc1)N(Cc1c(Cl)cccc1Cl)C(=O)CN(c1ccc(Cl)cc1)S(C)(=O)=O. The number of nitrogens with one attached hydrogen (secondary N) is 1. The van der Waals surface area contributed by atoms with Gasteiger partial charge in [-0.3, -0.25) is 13.9 Å². The minimum atomic E-state index is -3.88. The van der Waals surface area contributed by atoms with Crippen LogP contribution in [0.2, 0.25) is 15.1 Å². The normalized spacial score (nSPS) is 12.2. The molecule has 0 aliphatic heterocycles. The Morgan fingerprint density at radius 1 is 0.875 bits per heavy atom. The van der Waals surface area contributed by atoms with Crippen LogP contribution >= 0.6 is 34.8 Å². The van der Waals surface area contributed by atoms with Crippen molar-refractivity contribution in [1.29, 1.82) is 0 Å². The fraction of sp³-hybridized carbons (Fsp3) is 0.310. The summed E-state index contributed by atoms with van der Waals surface area (Å²) < 4.78 is 26.6. The van der Waals surface area contributed by atoms with Crippen molar-refractivity contribution in [2.75, 3.05) is 23.7 Å². The molecule has 1 atom stereocenters. The number of amides is 2. The second-order valence-electron chi connectivity index (χ2n) is 9.81. The molecule has 0 aliphatic carbocycles. The van der Waals surface area contributed by atoms with Crippen molar-refractivity contribution in [3.8, 4) is 0 Å². The van der Waals surface area contributed by atoms with Crippen LogP contribution in [0.15, 0.2) is 72.8 Å². The Labute approximate surface area is 251 Å². The summed E-state index contributed by atoms with van der Waals surface area (Å²) in [4.78, 5) is 29.1. The summed E-state index contributed by atoms with van der Waals surface area (Å²) in [6.07, 6.45) is 1.21. The number of hydrogen-bond acceptors (Lipinski definition) is 4. The van der Waals surface area contributed by atoms with Crippen LogP contribution in [0, 0.1) is 5.92 Å². The topological polar surface area (TPSA) is 86.8 Å². The van der Waals surface area contributed by atoms with Crippen LogP contribution in [0.5, 0.6) is 0 Å². The quantitative estimate of drug-likeness (QED) is 0.275. The number of carbonyl (C=O) groups excluding carboxylic acids is 2. The second kappa shape index (κ2) is 14.2. The lowest BCUT2D eigenvalue weighted by atomic mass is 10.0. The van der Waals surface area contributed by atoms with Crippen molar-refractivity contribution >= 4 is 62.3 Å². The Kier molecular flexibility index (Phi) is 11.3. The molecule has 3 rings (SSSR count). The first-order valence-electron chi connectivity index (χ1n) is 12.6. The van der Waals surface area contributed by atoms with Crippen molar-refractivity contribution in [2.45, 2.75) is 32.9 Å². The summed E-state index contributed by atoms with van der Waals surface area (Å²) in [5.41, 5.74) is 1.54. The van der Waals surface area contributed by atoms with Crippen LogP contribution in [0.4, 0.5) is 5.69 Å². The van der Waals surface area contributed by atoms with Gasteiger partial charge in [0.25, 0.3) is 0 Å². The molecule has 2 amide bonds. The second-order valence-corrected chi connectivity index (χ2v) is 13.0. The summed E-state index contributed by atoms with van der Waals surface area (Å²) in [5, 5.41) is 3.99. The molecule has 0 unspecified atom stereocenters. The molecule has 11 heteroatoms. The van der Waals surface area contributed by atoms with E-state index in [-0.39, 0.29) is 30.5 Å². The first-order chi connectivity index (χ1) is 18.9. The largest absolute Gasteiger partial charge is 0.354 e. The van der Waals surface area contributed by atoms with Gasteiger partial charge in [0, 0.05) is 40.1 Å². The van der Waals surface area contributed by atoms with E-state index in [2.05, 4.69) is 5.32 Å². The van der Waals surface area contributed by atoms with Gasteiger partial charge in [0.15, 0.2) is 0 Å². The van der Waals surface area contributed by atoms with Gasteiger partial charge in [0.05, 0.1) is 11.9 Å². The molecular weight excluding hydrogens is 593 g/mol. The third-order valence-electron chi connectivity index (χ3n) is 6.14. The first kappa shape index (κ1) is 31.7. The van der Waals surface area contributed by atoms with E-state index < -0.39 is 28.5 Å². The van der Waals surface area contributed by atoms with Gasteiger partial charge in [0.2, 0.25) is 21.8 Å². The van der Waals surface area contributed by atoms with Crippen molar-refractivity contribution in [3.63, 3.8) is 0 Å². The minimum absolute atomic E-state index is 0.109. The number of sulfonamides is 1. The molecule has 7 nitrogen and oxygen atoms in total. The Morgan fingerprint density at radius 3 is 2.02 bits per heavy atom. The van der Waals surface area contributed by atoms with Gasteiger partial charge in [-0.25, -0.2) is 8.42 Å². The van der Waals surface area contributed by atoms with Gasteiger partial charge in [-0.1, -0.05) is 85.0 Å². The van der Waals surface area contributed by atoms with Gasteiger partial charge >= 0.3 is 0 Å². The molecule has 0 fully saturated rings. The summed E-state index contributed by atoms with van der Waals surface area (Å²) in [7, 11) is -3.88. The Morgan fingerprint density at radius 2 is 1.48 bits per heavy atom. The molecule has 1 N–H and O–H groups in total. The van der Waals surface area contributed by atoms with Crippen LogP contribution in [0.1, 0.15) is 25.0 Å². The van der Waals surface area contributed by atoms with E-state index >= 15 is 0 Å². The maximum Gasteiger partial charge on any atom is 0.244 e. The van der Waals surface area contributed by atoms with Gasteiger partial charge < -0.3 is 10.2 Å². The van der Waals surface area contributed by atoms with E-state index in [1.165, 1.54) is 17.0 Å². The number of nitrogens with zero attached hydrogens (tertiary/aromatic N) is 2. The lowest BCUT2D eigenvalue weighted by molar-refractivity contribution is -0.140. The lowest BCUT2D eigenvalue weighted by Gasteiger charge is -2.34. The van der Waals surface area contributed by atoms with Gasteiger partial charge in [-0.15, -0.1) is 0 Å². The molecular formula is C29H32Cl3N3O4S. The third-order valence-corrected chi connectivity index (χ3v) is 8.24. The highest BCUT2D eigenvalue weighted by molar-refractivity contribution is 7.92. The number of benzene rings is 3. The molecule has 0 spiro atoms. The number of anilines is 1. The van der Waals surface area contributed by atoms with E-state index in [9.17, 15) is 18.0 Å². The van der Waals surface area contributed by atoms with E-state index in [0.29, 0.717) is 27.2 Å². The first-order valence-corrected chi connectivity index (χ1v) is 15.6. The Bertz CT molecular complexity index is 1400. The molecule has 0 heterocycles. The standard InChI is InChI=1S/C29H32Cl3N3O4S/c1-20(2)17-33-29(37)27(16-21-8-5-4-6-9-21)34(18-24-25(31)10-7-11-26(24)32)28(36)19-35(40(3,38)39)23-14-12-22(30)13-15-23/h4-15,20,27H,16-19H2,1-3H3,(H,33,37)/t27-/m0/s1. The zero-order valence-corrected chi connectivity index (χ0v) is 25.6. The molecule has 0 aromatic heterocycles. The van der Waals surface area contributed by atoms with Crippen molar-refractivity contribution in [2.24, 2.45) is 5.92 Å². The van der Waals surface area contributed by atoms with E-state index in [1.54, 1.807) is 30.3 Å². The van der Waals surface area contributed by atoms with Gasteiger partial charge in [-0.2, -0.15) is 0 Å². The number of hydrogen-bond donors (Lipinski definition) is 1. The molecule has 0 saturated carbocycles. The van der Waals surface area contributed by atoms with E-state index in [1.807, 2.05) is 44.2 Å². The van der Waals surface area contributed by atoms with Crippen molar-refractivity contribution < 1.29 is 18.0 Å². The highest BCUT2D eigenvalue weighted by Crippen LogP contribution is 2.28. The third kappa shape index (κ3) is 8.86. The number of carbonyl (C=O) groups is 2. The summed E-state index contributed by atoms with van der Waals surface area (Å²) in [6, 6.07) is 19.4. The maximum atomic E-state index is 14.1. The average Bonchev–Trinajstić information content (AvgIpc) is 2.89. The van der Waals surface area contributed by atoms with Gasteiger partial charge in [0.1, 0.15) is 12.6 Å². The van der Waals surface area contributed by atoms with Crippen molar-refractivity contribution in [1.82, 2.24) is 10.2 Å². The predicted molar refractivity (Wildman–Crippen MR) is 162 cm³/mol. The van der Waals surface area contributed by atoms with Crippen LogP contribution in [-0.4, -0.2) is 50.5 Å². The molecule has 0 radical (unpaired) electrons. The molecule has 0 bridgehead atoms. The fourth-order valence-corrected chi connectivity index (χ4v) is 5.54. The van der Waals surface area contributed by atoms with Crippen LogP contribution in [-0.2, 0) is 32.6 Å². The zero-order chi connectivity index (χ0) is 29.4. The predicted octanol–water partition coefficient (Wildman–Crippen LogP) is 5.83. The number of rotatable bonds is 12. The summed E-state index contributed by atoms with van der Waals surface area (Å²) in [5.74, 6) is -0.794. The smallest absolute Gasteiger partial charge is 0.244 e. The highest BCUT2D eigenvalue weighted by atomic mass is 35.5. The zero-order valence-electron chi connectivity index (χ0n) is 22.5. The molecule has 3 aromatic carbocycles. The summed E-state index contributed by atoms with van der Waals surface area (Å²) >= 11 is 18.9. The Balaban J connectivity index is 2.08. The Hall–Kier alpha value is -2.78. The van der Waals surface area contributed by atoms with Crippen LogP contribution in [0.3, 0.4) is 0 Å². The molecule has 214 valence electrons. The van der Waals surface area contributed by atoms with Gasteiger partial charge in [-0.05, 0) is 47.9 Å². The molecule has 40 heavy (non-hydrogen) atoms. The number of halogens is 3. The lowest BCUT2D eigenvalue weighted by Crippen LogP contribution is -2.53. The monoisotopic (exact) mass is 623 g/mol.